The SMILES string of the molecule is CNC(=N)NCCC[C@H](NC(=O)[C@H](CC(C)C)NC(=O)NNC(=O)[C@H](Cc1ccccc1)NC(=O)[C@@H](NC(=O)[C@H](CC(N)=O)NC(=O)[C@@H]1C[C@@H](O)CN1C(=O)[C@H](N)Cc1ccc(O)cc1)[C@@H](C)O)C(=O)N[C@@H](Cc1c[nH]c2ccccc12)C(N)=O. The Hall–Kier alpha value is -9.35. The lowest BCUT2D eigenvalue weighted by Gasteiger charge is -2.29. The zero-order valence-electron chi connectivity index (χ0n) is 47.6. The quantitative estimate of drug-likeness (QED) is 0.0109. The number of fused-ring (bicyclic) bond motifs is 1. The van der Waals surface area contributed by atoms with Crippen LogP contribution in [0.4, 0.5) is 4.79 Å². The first-order valence-electron chi connectivity index (χ1n) is 27.6. The minimum atomic E-state index is -1.87. The van der Waals surface area contributed by atoms with E-state index >= 15 is 0 Å². The van der Waals surface area contributed by atoms with Gasteiger partial charge in [-0.2, -0.15) is 0 Å². The number of aromatic nitrogens is 1. The maximum Gasteiger partial charge on any atom is 0.334 e. The molecule has 1 aromatic heterocycles. The molecule has 0 radical (unpaired) electrons. The summed E-state index contributed by atoms with van der Waals surface area (Å²) in [6.07, 6.45) is -2.20. The summed E-state index contributed by atoms with van der Waals surface area (Å²) < 4.78 is 0. The van der Waals surface area contributed by atoms with Gasteiger partial charge >= 0.3 is 6.03 Å². The van der Waals surface area contributed by atoms with Gasteiger partial charge < -0.3 is 84.9 Å². The summed E-state index contributed by atoms with van der Waals surface area (Å²) in [6, 6.07) is 8.82. The lowest BCUT2D eigenvalue weighted by Crippen LogP contribution is -2.62. The van der Waals surface area contributed by atoms with Gasteiger partial charge in [0.05, 0.1) is 24.7 Å². The van der Waals surface area contributed by atoms with E-state index < -0.39 is 126 Å². The summed E-state index contributed by atoms with van der Waals surface area (Å²) in [5.41, 5.74) is 24.4. The Morgan fingerprint density at radius 1 is 0.706 bits per heavy atom. The minimum Gasteiger partial charge on any atom is -0.508 e. The molecular weight excluding hydrogens is 1100 g/mol. The molecule has 11 amide bonds. The topological polar surface area (TPSA) is 473 Å². The van der Waals surface area contributed by atoms with Crippen molar-refractivity contribution in [2.45, 2.75) is 133 Å². The van der Waals surface area contributed by atoms with E-state index in [1.165, 1.54) is 12.1 Å². The van der Waals surface area contributed by atoms with Crippen LogP contribution in [0.2, 0.25) is 0 Å². The number of aromatic amines is 1. The number of guanidine groups is 1. The Morgan fingerprint density at radius 3 is 1.98 bits per heavy atom. The number of hydrogen-bond donors (Lipinski definition) is 18. The average molecular weight is 1180 g/mol. The largest absolute Gasteiger partial charge is 0.508 e. The molecule has 29 nitrogen and oxygen atoms in total. The molecule has 21 N–H and O–H groups in total. The van der Waals surface area contributed by atoms with E-state index in [1.807, 2.05) is 24.3 Å². The number of phenols is 1. The van der Waals surface area contributed by atoms with E-state index in [1.54, 1.807) is 69.6 Å². The Kier molecular flexibility index (Phi) is 24.9. The molecule has 0 unspecified atom stereocenters. The summed E-state index contributed by atoms with van der Waals surface area (Å²) in [5.74, 6) is -8.77. The fourth-order valence-corrected chi connectivity index (χ4v) is 9.42. The number of primary amides is 2. The highest BCUT2D eigenvalue weighted by Gasteiger charge is 2.42. The van der Waals surface area contributed by atoms with Crippen molar-refractivity contribution in [1.82, 2.24) is 63.3 Å². The number of nitrogens with one attached hydrogen (secondary N) is 12. The van der Waals surface area contributed by atoms with Crippen molar-refractivity contribution in [2.75, 3.05) is 20.1 Å². The molecule has 0 aliphatic carbocycles. The number of carbonyl (C=O) groups is 10. The third-order valence-electron chi connectivity index (χ3n) is 13.8. The van der Waals surface area contributed by atoms with Crippen molar-refractivity contribution in [3.8, 4) is 5.75 Å². The predicted molar refractivity (Wildman–Crippen MR) is 309 cm³/mol. The van der Waals surface area contributed by atoms with Crippen molar-refractivity contribution in [1.29, 1.82) is 5.41 Å². The van der Waals surface area contributed by atoms with Crippen molar-refractivity contribution >= 4 is 76.1 Å². The number of para-hydroxylation sites is 1. The lowest BCUT2D eigenvalue weighted by molar-refractivity contribution is -0.141. The molecule has 1 aliphatic rings. The van der Waals surface area contributed by atoms with E-state index in [-0.39, 0.29) is 75.7 Å². The van der Waals surface area contributed by atoms with Crippen molar-refractivity contribution < 1.29 is 63.3 Å². The molecule has 0 spiro atoms. The second-order valence-electron chi connectivity index (χ2n) is 21.1. The second-order valence-corrected chi connectivity index (χ2v) is 21.1. The molecule has 2 heterocycles. The fraction of sp³-hybridized carbons (Fsp3) is 0.446. The number of aromatic hydroxyl groups is 1. The lowest BCUT2D eigenvalue weighted by atomic mass is 10.0. The zero-order chi connectivity index (χ0) is 62.5. The standard InChI is InChI=1S/C56H78N16O13/c1-29(2)21-41(49(79)64-39(15-10-20-62-55(60)61-4)48(78)65-40(47(59)77)24-33-27-63-38-14-9-8-13-36(33)38)68-56(85)71-70-51(81)42(23-31-11-6-5-7-12-31)67-53(83)46(30(3)73)69-50(80)43(26-45(58)76)66-52(82)44-25-35(75)28-72(44)54(84)37(57)22-32-16-18-34(74)19-17-32/h5-9,11-14,16-19,27,29-30,35,37,39-44,46,63,73-75H,10,15,20-26,28,57H2,1-4H3,(H2,58,76)(H2,59,77)(H,64,79)(H,65,78)(H,66,82)(H,67,83)(H,69,80)(H,70,81)(H3,60,61,62)(H2,68,71,85)/t30-,35-,37-,39+,40+,41+,42+,43+,44+,46+/m1/s1. The highest BCUT2D eigenvalue weighted by Crippen LogP contribution is 2.22. The van der Waals surface area contributed by atoms with Crippen LogP contribution >= 0.6 is 0 Å². The molecule has 5 rings (SSSR count). The third-order valence-corrected chi connectivity index (χ3v) is 13.8. The van der Waals surface area contributed by atoms with Gasteiger partial charge in [0.25, 0.3) is 5.91 Å². The van der Waals surface area contributed by atoms with E-state index in [2.05, 4.69) is 58.4 Å². The first-order chi connectivity index (χ1) is 40.3. The second kappa shape index (κ2) is 31.9. The summed E-state index contributed by atoms with van der Waals surface area (Å²) in [6.45, 7) is 4.58. The molecule has 4 aromatic rings. The van der Waals surface area contributed by atoms with Gasteiger partial charge in [-0.1, -0.05) is 74.5 Å². The molecule has 10 atom stereocenters. The van der Waals surface area contributed by atoms with E-state index in [0.29, 0.717) is 16.7 Å². The number of amides is 11. The first kappa shape index (κ1) is 66.5. The van der Waals surface area contributed by atoms with Crippen LogP contribution in [0.15, 0.2) is 85.1 Å². The number of aliphatic hydroxyl groups is 2. The zero-order valence-corrected chi connectivity index (χ0v) is 47.6. The minimum absolute atomic E-state index is 0.00348. The number of likely N-dealkylation sites (tertiary alicyclic amines) is 1. The molecule has 1 fully saturated rings. The summed E-state index contributed by atoms with van der Waals surface area (Å²) in [7, 11) is 1.54. The number of hydrazine groups is 1. The molecule has 3 aromatic carbocycles. The number of benzene rings is 3. The fourth-order valence-electron chi connectivity index (χ4n) is 9.42. The van der Waals surface area contributed by atoms with Gasteiger partial charge in [-0.05, 0) is 73.4 Å². The van der Waals surface area contributed by atoms with Crippen molar-refractivity contribution in [2.24, 2.45) is 23.1 Å². The van der Waals surface area contributed by atoms with Crippen LogP contribution in [0, 0.1) is 11.3 Å². The highest BCUT2D eigenvalue weighted by atomic mass is 16.3. The third kappa shape index (κ3) is 20.5. The Balaban J connectivity index is 1.26. The summed E-state index contributed by atoms with van der Waals surface area (Å²) >= 11 is 0. The van der Waals surface area contributed by atoms with Gasteiger partial charge in [-0.15, -0.1) is 0 Å². The molecule has 29 heteroatoms. The number of rotatable bonds is 29. The first-order valence-corrected chi connectivity index (χ1v) is 27.6. The van der Waals surface area contributed by atoms with E-state index in [4.69, 9.17) is 22.6 Å². The number of nitrogens with two attached hydrogens (primary N) is 3. The van der Waals surface area contributed by atoms with E-state index in [9.17, 15) is 63.3 Å². The maximum absolute atomic E-state index is 14.1. The highest BCUT2D eigenvalue weighted by molar-refractivity contribution is 5.99. The van der Waals surface area contributed by atoms with Crippen LogP contribution in [0.1, 0.15) is 69.6 Å². The van der Waals surface area contributed by atoms with Crippen molar-refractivity contribution in [3.05, 3.63) is 102 Å². The number of phenolic OH excluding ortho intramolecular Hbond substituents is 1. The van der Waals surface area contributed by atoms with Crippen LogP contribution in [0.3, 0.4) is 0 Å². The van der Waals surface area contributed by atoms with E-state index in [0.717, 1.165) is 22.7 Å². The molecule has 0 bridgehead atoms. The monoisotopic (exact) mass is 1180 g/mol. The number of H-pyrrole nitrogens is 1. The van der Waals surface area contributed by atoms with Crippen LogP contribution < -0.4 is 70.6 Å². The van der Waals surface area contributed by atoms with Gasteiger partial charge in [0.2, 0.25) is 47.3 Å². The number of nitrogens with zero attached hydrogens (tertiary/aromatic N) is 1. The molecular formula is C56H78N16O13. The van der Waals surface area contributed by atoms with Crippen LogP contribution in [0.25, 0.3) is 10.9 Å². The van der Waals surface area contributed by atoms with Gasteiger partial charge in [0.15, 0.2) is 5.96 Å². The van der Waals surface area contributed by atoms with Gasteiger partial charge in [0, 0.05) is 56.5 Å². The maximum atomic E-state index is 14.1. The van der Waals surface area contributed by atoms with Gasteiger partial charge in [0.1, 0.15) is 48.0 Å². The Labute approximate surface area is 490 Å². The van der Waals surface area contributed by atoms with Gasteiger partial charge in [-0.3, -0.25) is 54.0 Å². The summed E-state index contributed by atoms with van der Waals surface area (Å²) in [5, 5.41) is 60.1. The Morgan fingerprint density at radius 2 is 1.33 bits per heavy atom. The number of aliphatic hydroxyl groups excluding tert-OH is 2. The van der Waals surface area contributed by atoms with Crippen LogP contribution in [0.5, 0.6) is 5.75 Å². The van der Waals surface area contributed by atoms with Crippen LogP contribution in [-0.4, -0.2) is 171 Å². The van der Waals surface area contributed by atoms with Crippen LogP contribution in [-0.2, 0) is 62.4 Å². The smallest absolute Gasteiger partial charge is 0.334 e. The molecule has 1 saturated heterocycles. The van der Waals surface area contributed by atoms with Crippen molar-refractivity contribution in [3.63, 3.8) is 0 Å². The molecule has 1 aliphatic heterocycles. The average Bonchev–Trinajstić information content (AvgIpc) is 3.33. The van der Waals surface area contributed by atoms with Gasteiger partial charge in [-0.25, -0.2) is 10.2 Å². The molecule has 460 valence electrons. The number of carbonyl (C=O) groups excluding carboxylic acids is 10. The normalized spacial score (nSPS) is 16.6. The number of urea groups is 1. The Bertz CT molecular complexity index is 3000. The summed E-state index contributed by atoms with van der Waals surface area (Å²) in [4.78, 5) is 140. The number of β-amino-alcohol motifs (C(OH)–C–C–N with tert-alkyl or cyclic N) is 1. The predicted octanol–water partition coefficient (Wildman–Crippen LogP) is -3.37. The molecule has 85 heavy (non-hydrogen) atoms. The molecule has 0 saturated carbocycles. The number of hydrogen-bond acceptors (Lipinski definition) is 15.